The first-order valence-corrected chi connectivity index (χ1v) is 4.91. The van der Waals surface area contributed by atoms with Crippen molar-refractivity contribution in [3.05, 3.63) is 34.9 Å². The first kappa shape index (κ1) is 10.3. The van der Waals surface area contributed by atoms with E-state index < -0.39 is 0 Å². The van der Waals surface area contributed by atoms with Crippen molar-refractivity contribution in [3.8, 4) is 0 Å². The second kappa shape index (κ2) is 5.03. The molecule has 0 saturated carbocycles. The molecular formula is C12H18O. The zero-order chi connectivity index (χ0) is 9.68. The minimum absolute atomic E-state index is 0.719. The molecule has 0 bridgehead atoms. The summed E-state index contributed by atoms with van der Waals surface area (Å²) < 4.78 is 5.10. The van der Waals surface area contributed by atoms with Crippen LogP contribution in [0.3, 0.4) is 0 Å². The molecule has 0 fully saturated rings. The van der Waals surface area contributed by atoms with E-state index in [4.69, 9.17) is 4.74 Å². The van der Waals surface area contributed by atoms with Crippen molar-refractivity contribution in [1.82, 2.24) is 0 Å². The molecule has 0 aliphatic rings. The van der Waals surface area contributed by atoms with Crippen LogP contribution in [0.5, 0.6) is 0 Å². The molecule has 0 atom stereocenters. The molecule has 0 heterocycles. The predicted molar refractivity (Wildman–Crippen MR) is 55.9 cm³/mol. The van der Waals surface area contributed by atoms with E-state index in [0.717, 1.165) is 19.4 Å². The second-order valence-electron chi connectivity index (χ2n) is 3.24. The smallest absolute Gasteiger partial charge is 0.0713 e. The molecule has 1 rings (SSSR count). The summed E-state index contributed by atoms with van der Waals surface area (Å²) in [5, 5.41) is 0. The first-order chi connectivity index (χ1) is 6.31. The maximum absolute atomic E-state index is 5.10. The summed E-state index contributed by atoms with van der Waals surface area (Å²) in [7, 11) is 1.74. The molecule has 1 aromatic rings. The Balaban J connectivity index is 2.91. The van der Waals surface area contributed by atoms with Gasteiger partial charge in [0.05, 0.1) is 6.61 Å². The van der Waals surface area contributed by atoms with Gasteiger partial charge in [-0.15, -0.1) is 0 Å². The quantitative estimate of drug-likeness (QED) is 0.688. The zero-order valence-corrected chi connectivity index (χ0v) is 8.76. The molecule has 0 unspecified atom stereocenters. The monoisotopic (exact) mass is 178 g/mol. The lowest BCUT2D eigenvalue weighted by molar-refractivity contribution is 0.185. The van der Waals surface area contributed by atoms with E-state index in [9.17, 15) is 0 Å². The molecule has 0 aromatic heterocycles. The fourth-order valence-electron chi connectivity index (χ4n) is 1.61. The van der Waals surface area contributed by atoms with Gasteiger partial charge < -0.3 is 4.74 Å². The van der Waals surface area contributed by atoms with E-state index in [0.29, 0.717) is 0 Å². The van der Waals surface area contributed by atoms with Gasteiger partial charge in [-0.25, -0.2) is 0 Å². The van der Waals surface area contributed by atoms with Crippen molar-refractivity contribution >= 4 is 0 Å². The van der Waals surface area contributed by atoms with E-state index in [1.54, 1.807) is 7.11 Å². The van der Waals surface area contributed by atoms with Gasteiger partial charge in [0.2, 0.25) is 0 Å². The molecule has 0 aliphatic heterocycles. The first-order valence-electron chi connectivity index (χ1n) is 4.91. The molecule has 0 N–H and O–H groups in total. The topological polar surface area (TPSA) is 9.23 Å². The van der Waals surface area contributed by atoms with Crippen molar-refractivity contribution < 1.29 is 4.74 Å². The number of aryl methyl sites for hydroxylation is 2. The van der Waals surface area contributed by atoms with E-state index in [2.05, 4.69) is 32.0 Å². The highest BCUT2D eigenvalue weighted by molar-refractivity contribution is 5.31. The van der Waals surface area contributed by atoms with Crippen molar-refractivity contribution in [2.24, 2.45) is 0 Å². The van der Waals surface area contributed by atoms with Gasteiger partial charge in [0.25, 0.3) is 0 Å². The van der Waals surface area contributed by atoms with Gasteiger partial charge in [-0.05, 0) is 29.5 Å². The highest BCUT2D eigenvalue weighted by Gasteiger charge is 2.00. The van der Waals surface area contributed by atoms with Crippen LogP contribution in [-0.4, -0.2) is 7.11 Å². The highest BCUT2D eigenvalue weighted by Crippen LogP contribution is 2.14. The van der Waals surface area contributed by atoms with Gasteiger partial charge >= 0.3 is 0 Å². The van der Waals surface area contributed by atoms with Crippen molar-refractivity contribution in [2.75, 3.05) is 7.11 Å². The second-order valence-corrected chi connectivity index (χ2v) is 3.24. The number of hydrogen-bond donors (Lipinski definition) is 0. The number of benzene rings is 1. The molecular weight excluding hydrogens is 160 g/mol. The fraction of sp³-hybridized carbons (Fsp3) is 0.500. The third-order valence-corrected chi connectivity index (χ3v) is 2.34. The van der Waals surface area contributed by atoms with Gasteiger partial charge in [0.1, 0.15) is 0 Å². The Hall–Kier alpha value is -0.820. The summed E-state index contributed by atoms with van der Waals surface area (Å²) in [6, 6.07) is 6.62. The highest BCUT2D eigenvalue weighted by atomic mass is 16.5. The Morgan fingerprint density at radius 1 is 1.08 bits per heavy atom. The number of rotatable bonds is 4. The molecule has 1 nitrogen and oxygen atoms in total. The Kier molecular flexibility index (Phi) is 3.97. The van der Waals surface area contributed by atoms with Crippen LogP contribution >= 0.6 is 0 Å². The van der Waals surface area contributed by atoms with Gasteiger partial charge in [0, 0.05) is 7.11 Å². The molecule has 0 radical (unpaired) electrons. The van der Waals surface area contributed by atoms with Gasteiger partial charge in [-0.1, -0.05) is 32.0 Å². The lowest BCUT2D eigenvalue weighted by atomic mass is 10.0. The van der Waals surface area contributed by atoms with Gasteiger partial charge in [-0.3, -0.25) is 0 Å². The molecule has 0 saturated heterocycles. The summed E-state index contributed by atoms with van der Waals surface area (Å²) in [5.74, 6) is 0. The molecule has 13 heavy (non-hydrogen) atoms. The summed E-state index contributed by atoms with van der Waals surface area (Å²) in [6.07, 6.45) is 2.23. The van der Waals surface area contributed by atoms with E-state index in [1.165, 1.54) is 16.7 Å². The van der Waals surface area contributed by atoms with Gasteiger partial charge in [-0.2, -0.15) is 0 Å². The van der Waals surface area contributed by atoms with E-state index >= 15 is 0 Å². The maximum Gasteiger partial charge on any atom is 0.0713 e. The summed E-state index contributed by atoms with van der Waals surface area (Å²) >= 11 is 0. The SMILES string of the molecule is CCc1ccc(COC)cc1CC. The largest absolute Gasteiger partial charge is 0.380 e. The Morgan fingerprint density at radius 2 is 1.77 bits per heavy atom. The summed E-state index contributed by atoms with van der Waals surface area (Å²) in [4.78, 5) is 0. The normalized spacial score (nSPS) is 10.4. The summed E-state index contributed by atoms with van der Waals surface area (Å²) in [6.45, 7) is 5.12. The third kappa shape index (κ3) is 2.56. The number of ether oxygens (including phenoxy) is 1. The van der Waals surface area contributed by atoms with Crippen LogP contribution in [-0.2, 0) is 24.2 Å². The van der Waals surface area contributed by atoms with Crippen molar-refractivity contribution in [3.63, 3.8) is 0 Å². The van der Waals surface area contributed by atoms with Crippen molar-refractivity contribution in [2.45, 2.75) is 33.3 Å². The van der Waals surface area contributed by atoms with E-state index in [1.807, 2.05) is 0 Å². The molecule has 1 heteroatoms. The Labute approximate surface area is 80.7 Å². The third-order valence-electron chi connectivity index (χ3n) is 2.34. The van der Waals surface area contributed by atoms with Crippen LogP contribution < -0.4 is 0 Å². The van der Waals surface area contributed by atoms with E-state index in [-0.39, 0.29) is 0 Å². The Bertz CT molecular complexity index is 266. The predicted octanol–water partition coefficient (Wildman–Crippen LogP) is 2.96. The number of methoxy groups -OCH3 is 1. The molecule has 1 aromatic carbocycles. The molecule has 0 spiro atoms. The van der Waals surface area contributed by atoms with Crippen LogP contribution in [0.4, 0.5) is 0 Å². The molecule has 72 valence electrons. The minimum Gasteiger partial charge on any atom is -0.380 e. The van der Waals surface area contributed by atoms with Crippen LogP contribution in [0.1, 0.15) is 30.5 Å². The Morgan fingerprint density at radius 3 is 2.31 bits per heavy atom. The lowest BCUT2D eigenvalue weighted by Gasteiger charge is -2.08. The van der Waals surface area contributed by atoms with Crippen molar-refractivity contribution in [1.29, 1.82) is 0 Å². The number of hydrogen-bond acceptors (Lipinski definition) is 1. The lowest BCUT2D eigenvalue weighted by Crippen LogP contribution is -1.94. The van der Waals surface area contributed by atoms with Crippen LogP contribution in [0.15, 0.2) is 18.2 Å². The average Bonchev–Trinajstić information content (AvgIpc) is 2.18. The van der Waals surface area contributed by atoms with Crippen LogP contribution in [0.25, 0.3) is 0 Å². The minimum atomic E-state index is 0.719. The maximum atomic E-state index is 5.10. The van der Waals surface area contributed by atoms with Crippen LogP contribution in [0, 0.1) is 0 Å². The fourth-order valence-corrected chi connectivity index (χ4v) is 1.61. The van der Waals surface area contributed by atoms with Gasteiger partial charge in [0.15, 0.2) is 0 Å². The van der Waals surface area contributed by atoms with Crippen LogP contribution in [0.2, 0.25) is 0 Å². The zero-order valence-electron chi connectivity index (χ0n) is 8.76. The summed E-state index contributed by atoms with van der Waals surface area (Å²) in [5.41, 5.74) is 4.19. The average molecular weight is 178 g/mol. The molecule has 0 aliphatic carbocycles. The standard InChI is InChI=1S/C12H18O/c1-4-11-7-6-10(9-13-3)8-12(11)5-2/h6-8H,4-5,9H2,1-3H3. The molecule has 0 amide bonds.